The maximum absolute atomic E-state index is 12.2. The maximum Gasteiger partial charge on any atom is 0.387 e. The Bertz CT molecular complexity index is 843. The Kier molecular flexibility index (Phi) is 8.20. The second kappa shape index (κ2) is 10.8. The first-order valence-corrected chi connectivity index (χ1v) is 8.62. The number of amides is 1. The number of esters is 1. The minimum Gasteiger partial charge on any atom is -0.493 e. The molecule has 0 aliphatic heterocycles. The third kappa shape index (κ3) is 6.95. The van der Waals surface area contributed by atoms with Gasteiger partial charge in [0.25, 0.3) is 5.91 Å². The molecule has 0 saturated heterocycles. The molecular formula is C20H21F2NO6. The molecular weight excluding hydrogens is 388 g/mol. The van der Waals surface area contributed by atoms with E-state index in [1.807, 2.05) is 6.07 Å². The monoisotopic (exact) mass is 409 g/mol. The fourth-order valence-electron chi connectivity index (χ4n) is 2.45. The summed E-state index contributed by atoms with van der Waals surface area (Å²) in [6, 6.07) is 10.6. The van der Waals surface area contributed by atoms with Gasteiger partial charge in [0.1, 0.15) is 5.75 Å². The minimum absolute atomic E-state index is 0.00118. The minimum atomic E-state index is -3.00. The van der Waals surface area contributed by atoms with E-state index >= 15 is 0 Å². The largest absolute Gasteiger partial charge is 0.493 e. The predicted molar refractivity (Wildman–Crippen MR) is 99.6 cm³/mol. The van der Waals surface area contributed by atoms with Gasteiger partial charge in [0.05, 0.1) is 19.8 Å². The van der Waals surface area contributed by atoms with Gasteiger partial charge in [0, 0.05) is 6.54 Å². The molecule has 0 spiro atoms. The number of benzene rings is 2. The quantitative estimate of drug-likeness (QED) is 0.608. The fraction of sp³-hybridized carbons (Fsp3) is 0.300. The van der Waals surface area contributed by atoms with Gasteiger partial charge in [-0.05, 0) is 42.3 Å². The van der Waals surface area contributed by atoms with Gasteiger partial charge >= 0.3 is 12.6 Å². The molecule has 0 aliphatic carbocycles. The van der Waals surface area contributed by atoms with Gasteiger partial charge in [-0.1, -0.05) is 12.1 Å². The van der Waals surface area contributed by atoms with Gasteiger partial charge in [-0.25, -0.2) is 4.79 Å². The van der Waals surface area contributed by atoms with Crippen LogP contribution in [-0.4, -0.2) is 45.9 Å². The van der Waals surface area contributed by atoms with Gasteiger partial charge in [0.15, 0.2) is 18.1 Å². The molecule has 1 amide bonds. The SMILES string of the molecule is COc1ccc(CCNC(=O)COC(=O)c2cccc(OC(F)F)c2)cc1OC. The molecule has 2 aromatic carbocycles. The first-order chi connectivity index (χ1) is 13.9. The number of alkyl halides is 2. The van der Waals surface area contributed by atoms with Gasteiger partial charge in [-0.2, -0.15) is 8.78 Å². The molecule has 0 atom stereocenters. The van der Waals surface area contributed by atoms with Crippen molar-refractivity contribution in [3.8, 4) is 17.2 Å². The molecule has 156 valence electrons. The first-order valence-electron chi connectivity index (χ1n) is 8.62. The average Bonchev–Trinajstić information content (AvgIpc) is 2.71. The van der Waals surface area contributed by atoms with Crippen molar-refractivity contribution in [2.75, 3.05) is 27.4 Å². The normalized spacial score (nSPS) is 10.4. The molecule has 0 aliphatic rings. The number of carbonyl (C=O) groups is 2. The molecule has 0 aromatic heterocycles. The summed E-state index contributed by atoms with van der Waals surface area (Å²) in [4.78, 5) is 23.8. The lowest BCUT2D eigenvalue weighted by Gasteiger charge is -2.10. The summed E-state index contributed by atoms with van der Waals surface area (Å²) >= 11 is 0. The van der Waals surface area contributed by atoms with Crippen LogP contribution in [-0.2, 0) is 16.0 Å². The lowest BCUT2D eigenvalue weighted by atomic mass is 10.1. The third-order valence-corrected chi connectivity index (χ3v) is 3.81. The summed E-state index contributed by atoms with van der Waals surface area (Å²) in [5.74, 6) is -0.286. The summed E-state index contributed by atoms with van der Waals surface area (Å²) in [6.45, 7) is -3.17. The van der Waals surface area contributed by atoms with Crippen LogP contribution >= 0.6 is 0 Å². The Morgan fingerprint density at radius 1 is 1.03 bits per heavy atom. The van der Waals surface area contributed by atoms with Crippen LogP contribution in [0.5, 0.6) is 17.2 Å². The van der Waals surface area contributed by atoms with Crippen LogP contribution in [0.25, 0.3) is 0 Å². The zero-order valence-electron chi connectivity index (χ0n) is 15.9. The number of halogens is 2. The first kappa shape index (κ1) is 21.9. The summed E-state index contributed by atoms with van der Waals surface area (Å²) in [5, 5.41) is 2.63. The van der Waals surface area contributed by atoms with E-state index in [0.29, 0.717) is 24.5 Å². The van der Waals surface area contributed by atoms with Crippen LogP contribution in [0, 0.1) is 0 Å². The zero-order valence-corrected chi connectivity index (χ0v) is 15.9. The van der Waals surface area contributed by atoms with Crippen LogP contribution in [0.4, 0.5) is 8.78 Å². The Morgan fingerprint density at radius 2 is 1.79 bits per heavy atom. The number of nitrogens with one attached hydrogen (secondary N) is 1. The predicted octanol–water partition coefficient (Wildman–Crippen LogP) is 2.82. The Hall–Kier alpha value is -3.36. The van der Waals surface area contributed by atoms with Crippen LogP contribution in [0.2, 0.25) is 0 Å². The summed E-state index contributed by atoms with van der Waals surface area (Å²) < 4.78 is 43.9. The van der Waals surface area contributed by atoms with Gasteiger partial charge in [-0.15, -0.1) is 0 Å². The second-order valence-electron chi connectivity index (χ2n) is 5.77. The van der Waals surface area contributed by atoms with E-state index < -0.39 is 25.1 Å². The molecule has 1 N–H and O–H groups in total. The van der Waals surface area contributed by atoms with E-state index in [4.69, 9.17) is 14.2 Å². The summed E-state index contributed by atoms with van der Waals surface area (Å²) in [6.07, 6.45) is 0.535. The van der Waals surface area contributed by atoms with Gasteiger partial charge in [0.2, 0.25) is 0 Å². The van der Waals surface area contributed by atoms with Crippen molar-refractivity contribution in [2.24, 2.45) is 0 Å². The molecule has 0 fully saturated rings. The third-order valence-electron chi connectivity index (χ3n) is 3.81. The zero-order chi connectivity index (χ0) is 21.2. The van der Waals surface area contributed by atoms with Crippen LogP contribution in [0.1, 0.15) is 15.9 Å². The van der Waals surface area contributed by atoms with Crippen molar-refractivity contribution >= 4 is 11.9 Å². The summed E-state index contributed by atoms with van der Waals surface area (Å²) in [5.41, 5.74) is 0.928. The number of rotatable bonds is 10. The topological polar surface area (TPSA) is 83.1 Å². The summed E-state index contributed by atoms with van der Waals surface area (Å²) in [7, 11) is 3.08. The van der Waals surface area contributed by atoms with E-state index in [9.17, 15) is 18.4 Å². The smallest absolute Gasteiger partial charge is 0.387 e. The highest BCUT2D eigenvalue weighted by molar-refractivity contribution is 5.91. The van der Waals surface area contributed by atoms with E-state index in [1.165, 1.54) is 25.3 Å². The van der Waals surface area contributed by atoms with E-state index in [0.717, 1.165) is 11.6 Å². The van der Waals surface area contributed by atoms with Crippen molar-refractivity contribution in [3.63, 3.8) is 0 Å². The molecule has 0 unspecified atom stereocenters. The van der Waals surface area contributed by atoms with E-state index in [-0.39, 0.29) is 11.3 Å². The van der Waals surface area contributed by atoms with Crippen LogP contribution in [0.3, 0.4) is 0 Å². The highest BCUT2D eigenvalue weighted by Crippen LogP contribution is 2.27. The fourth-order valence-corrected chi connectivity index (χ4v) is 2.45. The van der Waals surface area contributed by atoms with Crippen molar-refractivity contribution in [2.45, 2.75) is 13.0 Å². The van der Waals surface area contributed by atoms with E-state index in [2.05, 4.69) is 10.1 Å². The highest BCUT2D eigenvalue weighted by Gasteiger charge is 2.13. The Labute approximate surface area is 166 Å². The van der Waals surface area contributed by atoms with Gasteiger partial charge in [-0.3, -0.25) is 4.79 Å². The van der Waals surface area contributed by atoms with Crippen molar-refractivity contribution in [1.29, 1.82) is 0 Å². The maximum atomic E-state index is 12.2. The Morgan fingerprint density at radius 3 is 2.48 bits per heavy atom. The van der Waals surface area contributed by atoms with Crippen LogP contribution < -0.4 is 19.5 Å². The Balaban J connectivity index is 1.78. The number of ether oxygens (including phenoxy) is 4. The molecule has 7 nitrogen and oxygen atoms in total. The molecule has 0 saturated carbocycles. The molecule has 0 bridgehead atoms. The molecule has 29 heavy (non-hydrogen) atoms. The molecule has 2 rings (SSSR count). The van der Waals surface area contributed by atoms with Gasteiger partial charge < -0.3 is 24.3 Å². The van der Waals surface area contributed by atoms with E-state index in [1.54, 1.807) is 19.2 Å². The van der Waals surface area contributed by atoms with Crippen molar-refractivity contribution < 1.29 is 37.3 Å². The second-order valence-corrected chi connectivity index (χ2v) is 5.77. The highest BCUT2D eigenvalue weighted by atomic mass is 19.3. The molecule has 0 radical (unpaired) electrons. The lowest BCUT2D eigenvalue weighted by Crippen LogP contribution is -2.30. The molecule has 9 heteroatoms. The molecule has 2 aromatic rings. The number of methoxy groups -OCH3 is 2. The number of carbonyl (C=O) groups excluding carboxylic acids is 2. The number of hydrogen-bond donors (Lipinski definition) is 1. The molecule has 0 heterocycles. The lowest BCUT2D eigenvalue weighted by molar-refractivity contribution is -0.124. The van der Waals surface area contributed by atoms with Crippen LogP contribution in [0.15, 0.2) is 42.5 Å². The number of hydrogen-bond acceptors (Lipinski definition) is 6. The average molecular weight is 409 g/mol. The van der Waals surface area contributed by atoms with Crippen molar-refractivity contribution in [3.05, 3.63) is 53.6 Å². The standard InChI is InChI=1S/C20H21F2NO6/c1-26-16-7-6-13(10-17(16)27-2)8-9-23-18(24)12-28-19(25)14-4-3-5-15(11-14)29-20(21)22/h3-7,10-11,20H,8-9,12H2,1-2H3,(H,23,24). The van der Waals surface area contributed by atoms with Crippen molar-refractivity contribution in [1.82, 2.24) is 5.32 Å².